The topological polar surface area (TPSA) is 43.6 Å². The fourth-order valence-corrected chi connectivity index (χ4v) is 2.32. The van der Waals surface area contributed by atoms with E-state index in [9.17, 15) is 0 Å². The van der Waals surface area contributed by atoms with Gasteiger partial charge in [-0.15, -0.1) is 0 Å². The Balaban J connectivity index is 2.04. The van der Waals surface area contributed by atoms with Gasteiger partial charge in [-0.25, -0.2) is 9.97 Å². The molecule has 0 amide bonds. The molecule has 0 spiro atoms. The van der Waals surface area contributed by atoms with Crippen molar-refractivity contribution >= 4 is 11.6 Å². The third-order valence-electron chi connectivity index (χ3n) is 3.32. The highest BCUT2D eigenvalue weighted by Crippen LogP contribution is 2.24. The van der Waals surface area contributed by atoms with Crippen LogP contribution in [0, 0.1) is 0 Å². The van der Waals surface area contributed by atoms with Crippen LogP contribution in [0.3, 0.4) is 0 Å². The summed E-state index contributed by atoms with van der Waals surface area (Å²) in [4.78, 5) is 8.91. The quantitative estimate of drug-likeness (QED) is 0.692. The highest BCUT2D eigenvalue weighted by atomic mass is 35.5. The molecule has 0 saturated carbocycles. The van der Waals surface area contributed by atoms with Gasteiger partial charge in [-0.05, 0) is 12.0 Å². The molecule has 0 unspecified atom stereocenters. The molecule has 2 aromatic heterocycles. The first kappa shape index (κ1) is 13.8. The van der Waals surface area contributed by atoms with Crippen LogP contribution in [0.1, 0.15) is 12.5 Å². The Kier molecular flexibility index (Phi) is 3.71. The van der Waals surface area contributed by atoms with Crippen molar-refractivity contribution in [3.8, 4) is 22.6 Å². The van der Waals surface area contributed by atoms with Gasteiger partial charge in [0, 0.05) is 30.4 Å². The number of hydrogen-bond acceptors (Lipinski definition) is 3. The minimum absolute atomic E-state index is 0.429. The predicted octanol–water partition coefficient (Wildman–Crippen LogP) is 3.76. The second-order valence-corrected chi connectivity index (χ2v) is 5.24. The SMILES string of the molecule is CCc1ccc(-c2nc(Cl)cc(-c3cnn(C)c3)n2)cc1. The zero-order valence-corrected chi connectivity index (χ0v) is 12.7. The Morgan fingerprint density at radius 3 is 2.48 bits per heavy atom. The number of benzene rings is 1. The van der Waals surface area contributed by atoms with E-state index in [1.54, 1.807) is 16.9 Å². The lowest BCUT2D eigenvalue weighted by atomic mass is 10.1. The summed E-state index contributed by atoms with van der Waals surface area (Å²) in [6, 6.07) is 9.98. The average Bonchev–Trinajstić information content (AvgIpc) is 2.93. The standard InChI is InChI=1S/C16H15ClN4/c1-3-11-4-6-12(7-5-11)16-19-14(8-15(17)20-16)13-9-18-21(2)10-13/h4-10H,3H2,1-2H3. The van der Waals surface area contributed by atoms with Crippen LogP contribution < -0.4 is 0 Å². The molecule has 106 valence electrons. The van der Waals surface area contributed by atoms with Crippen molar-refractivity contribution in [3.05, 3.63) is 53.4 Å². The van der Waals surface area contributed by atoms with Crippen molar-refractivity contribution in [3.63, 3.8) is 0 Å². The first-order chi connectivity index (χ1) is 10.2. The smallest absolute Gasteiger partial charge is 0.161 e. The first-order valence-corrected chi connectivity index (χ1v) is 7.16. The number of rotatable bonds is 3. The van der Waals surface area contributed by atoms with Crippen molar-refractivity contribution in [1.82, 2.24) is 19.7 Å². The summed E-state index contributed by atoms with van der Waals surface area (Å²) in [5, 5.41) is 4.59. The minimum Gasteiger partial charge on any atom is -0.275 e. The van der Waals surface area contributed by atoms with Gasteiger partial charge in [-0.1, -0.05) is 42.8 Å². The Labute approximate surface area is 128 Å². The first-order valence-electron chi connectivity index (χ1n) is 6.78. The third kappa shape index (κ3) is 2.95. The van der Waals surface area contributed by atoms with Crippen molar-refractivity contribution < 1.29 is 0 Å². The summed E-state index contributed by atoms with van der Waals surface area (Å²) < 4.78 is 1.74. The van der Waals surface area contributed by atoms with E-state index in [1.807, 2.05) is 25.4 Å². The van der Waals surface area contributed by atoms with Crippen LogP contribution in [0.2, 0.25) is 5.15 Å². The van der Waals surface area contributed by atoms with Crippen molar-refractivity contribution in [1.29, 1.82) is 0 Å². The summed E-state index contributed by atoms with van der Waals surface area (Å²) in [7, 11) is 1.87. The van der Waals surface area contributed by atoms with E-state index >= 15 is 0 Å². The molecular formula is C16H15ClN4. The summed E-state index contributed by atoms with van der Waals surface area (Å²) in [6.07, 6.45) is 4.68. The fourth-order valence-electron chi connectivity index (χ4n) is 2.14. The van der Waals surface area contributed by atoms with Crippen LogP contribution in [-0.4, -0.2) is 19.7 Å². The Morgan fingerprint density at radius 1 is 1.10 bits per heavy atom. The highest BCUT2D eigenvalue weighted by molar-refractivity contribution is 6.29. The number of halogens is 1. The van der Waals surface area contributed by atoms with E-state index in [0.29, 0.717) is 11.0 Å². The number of hydrogen-bond donors (Lipinski definition) is 0. The molecule has 0 saturated heterocycles. The molecule has 0 fully saturated rings. The van der Waals surface area contributed by atoms with Gasteiger partial charge >= 0.3 is 0 Å². The summed E-state index contributed by atoms with van der Waals surface area (Å²) in [6.45, 7) is 2.13. The maximum Gasteiger partial charge on any atom is 0.161 e. The largest absolute Gasteiger partial charge is 0.275 e. The van der Waals surface area contributed by atoms with Gasteiger partial charge in [-0.3, -0.25) is 4.68 Å². The van der Waals surface area contributed by atoms with Crippen LogP contribution >= 0.6 is 11.6 Å². The molecule has 0 N–H and O–H groups in total. The van der Waals surface area contributed by atoms with Gasteiger partial charge in [-0.2, -0.15) is 5.10 Å². The molecule has 2 heterocycles. The average molecular weight is 299 g/mol. The van der Waals surface area contributed by atoms with Gasteiger partial charge in [0.1, 0.15) is 5.15 Å². The van der Waals surface area contributed by atoms with Crippen LogP contribution in [0.5, 0.6) is 0 Å². The van der Waals surface area contributed by atoms with Crippen molar-refractivity contribution in [2.24, 2.45) is 7.05 Å². The van der Waals surface area contributed by atoms with Crippen LogP contribution in [0.15, 0.2) is 42.7 Å². The van der Waals surface area contributed by atoms with Gasteiger partial charge in [0.15, 0.2) is 5.82 Å². The Bertz CT molecular complexity index is 762. The highest BCUT2D eigenvalue weighted by Gasteiger charge is 2.09. The van der Waals surface area contributed by atoms with E-state index in [-0.39, 0.29) is 0 Å². The minimum atomic E-state index is 0.429. The normalized spacial score (nSPS) is 10.8. The molecule has 5 heteroatoms. The van der Waals surface area contributed by atoms with Crippen LogP contribution in [-0.2, 0) is 13.5 Å². The second kappa shape index (κ2) is 5.66. The predicted molar refractivity (Wildman–Crippen MR) is 84.1 cm³/mol. The lowest BCUT2D eigenvalue weighted by Crippen LogP contribution is -1.93. The monoisotopic (exact) mass is 298 g/mol. The van der Waals surface area contributed by atoms with E-state index in [0.717, 1.165) is 23.2 Å². The lowest BCUT2D eigenvalue weighted by Gasteiger charge is -2.05. The van der Waals surface area contributed by atoms with Crippen LogP contribution in [0.4, 0.5) is 0 Å². The zero-order chi connectivity index (χ0) is 14.8. The number of aromatic nitrogens is 4. The van der Waals surface area contributed by atoms with Crippen molar-refractivity contribution in [2.45, 2.75) is 13.3 Å². The molecule has 0 aliphatic heterocycles. The fraction of sp³-hybridized carbons (Fsp3) is 0.188. The molecule has 0 aliphatic rings. The number of aryl methyl sites for hydroxylation is 2. The molecule has 0 atom stereocenters. The molecule has 0 radical (unpaired) electrons. The summed E-state index contributed by atoms with van der Waals surface area (Å²) in [5.74, 6) is 0.629. The molecule has 4 nitrogen and oxygen atoms in total. The molecule has 0 bridgehead atoms. The van der Waals surface area contributed by atoms with Gasteiger partial charge in [0.2, 0.25) is 0 Å². The van der Waals surface area contributed by atoms with E-state index in [2.05, 4.69) is 34.1 Å². The lowest BCUT2D eigenvalue weighted by molar-refractivity contribution is 0.768. The van der Waals surface area contributed by atoms with Crippen molar-refractivity contribution in [2.75, 3.05) is 0 Å². The molecule has 3 rings (SSSR count). The molecule has 21 heavy (non-hydrogen) atoms. The van der Waals surface area contributed by atoms with E-state index in [4.69, 9.17) is 11.6 Å². The van der Waals surface area contributed by atoms with Gasteiger partial charge in [0.05, 0.1) is 11.9 Å². The second-order valence-electron chi connectivity index (χ2n) is 4.85. The Hall–Kier alpha value is -2.20. The van der Waals surface area contributed by atoms with E-state index in [1.165, 1.54) is 5.56 Å². The van der Waals surface area contributed by atoms with Crippen LogP contribution in [0.25, 0.3) is 22.6 Å². The van der Waals surface area contributed by atoms with E-state index < -0.39 is 0 Å². The molecule has 0 aliphatic carbocycles. The van der Waals surface area contributed by atoms with Gasteiger partial charge in [0.25, 0.3) is 0 Å². The maximum atomic E-state index is 6.14. The molecular weight excluding hydrogens is 284 g/mol. The zero-order valence-electron chi connectivity index (χ0n) is 11.9. The maximum absolute atomic E-state index is 6.14. The molecule has 3 aromatic rings. The summed E-state index contributed by atoms with van der Waals surface area (Å²) >= 11 is 6.14. The summed E-state index contributed by atoms with van der Waals surface area (Å²) in [5.41, 5.74) is 3.94. The molecule has 1 aromatic carbocycles. The van der Waals surface area contributed by atoms with Gasteiger partial charge < -0.3 is 0 Å². The number of nitrogens with zero attached hydrogens (tertiary/aromatic N) is 4. The third-order valence-corrected chi connectivity index (χ3v) is 3.51. The Morgan fingerprint density at radius 2 is 1.86 bits per heavy atom.